The van der Waals surface area contributed by atoms with E-state index in [-0.39, 0.29) is 6.61 Å². The fraction of sp³-hybridized carbons (Fsp3) is 1.00. The summed E-state index contributed by atoms with van der Waals surface area (Å²) in [6, 6.07) is 0. The number of unbranched alkanes of at least 4 members (excludes halogenated alkanes) is 2. The fourth-order valence-electron chi connectivity index (χ4n) is 0.633. The summed E-state index contributed by atoms with van der Waals surface area (Å²) in [7, 11) is -3.24. The summed E-state index contributed by atoms with van der Waals surface area (Å²) >= 11 is 0. The normalized spacial score (nSPS) is 11.8. The van der Waals surface area contributed by atoms with Crippen molar-refractivity contribution in [2.45, 2.75) is 19.3 Å². The van der Waals surface area contributed by atoms with Gasteiger partial charge in [0.1, 0.15) is 0 Å². The molecule has 5 heteroatoms. The molecule has 0 radical (unpaired) electrons. The molecule has 0 aromatic heterocycles. The van der Waals surface area contributed by atoms with Gasteiger partial charge in [0.2, 0.25) is 0 Å². The minimum atomic E-state index is -3.24. The van der Waals surface area contributed by atoms with E-state index < -0.39 is 10.1 Å². The van der Waals surface area contributed by atoms with E-state index in [0.717, 1.165) is 25.5 Å². The first-order valence-electron chi connectivity index (χ1n) is 3.61. The van der Waals surface area contributed by atoms with Crippen LogP contribution in [-0.2, 0) is 14.3 Å². The average Bonchev–Trinajstić information content (AvgIpc) is 1.85. The van der Waals surface area contributed by atoms with Gasteiger partial charge in [0.15, 0.2) is 0 Å². The van der Waals surface area contributed by atoms with Crippen LogP contribution in [0, 0.1) is 0 Å². The molecule has 0 spiro atoms. The van der Waals surface area contributed by atoms with Gasteiger partial charge in [-0.15, -0.1) is 0 Å². The van der Waals surface area contributed by atoms with Crippen LogP contribution >= 0.6 is 0 Å². The summed E-state index contributed by atoms with van der Waals surface area (Å²) in [5, 5.41) is 0. The summed E-state index contributed by atoms with van der Waals surface area (Å²) in [6.45, 7) is 0.928. The predicted octanol–water partition coefficient (Wildman–Crippen LogP) is 0.0916. The second-order valence-corrected chi connectivity index (χ2v) is 4.02. The lowest BCUT2D eigenvalue weighted by molar-refractivity contribution is 0.311. The molecule has 0 saturated heterocycles. The van der Waals surface area contributed by atoms with Crippen molar-refractivity contribution < 1.29 is 12.6 Å². The Morgan fingerprint density at radius 1 is 1.27 bits per heavy atom. The number of nitrogens with two attached hydrogens (primary N) is 1. The molecule has 0 saturated carbocycles. The van der Waals surface area contributed by atoms with Crippen LogP contribution in [0.3, 0.4) is 0 Å². The SMILES string of the molecule is CS(=O)(=O)OCCCCCN. The molecular weight excluding hydrogens is 166 g/mol. The Morgan fingerprint density at radius 3 is 2.36 bits per heavy atom. The van der Waals surface area contributed by atoms with Gasteiger partial charge in [0, 0.05) is 0 Å². The molecule has 0 fully saturated rings. The Labute approximate surface area is 67.9 Å². The highest BCUT2D eigenvalue weighted by molar-refractivity contribution is 7.85. The molecule has 0 aromatic carbocycles. The first-order chi connectivity index (χ1) is 5.06. The zero-order valence-electron chi connectivity index (χ0n) is 6.75. The van der Waals surface area contributed by atoms with E-state index in [1.54, 1.807) is 0 Å². The highest BCUT2D eigenvalue weighted by Crippen LogP contribution is 1.96. The zero-order chi connectivity index (χ0) is 8.74. The van der Waals surface area contributed by atoms with Gasteiger partial charge in [-0.1, -0.05) is 0 Å². The first kappa shape index (κ1) is 10.9. The maximum Gasteiger partial charge on any atom is 0.264 e. The topological polar surface area (TPSA) is 69.4 Å². The van der Waals surface area contributed by atoms with Crippen molar-refractivity contribution in [2.24, 2.45) is 5.73 Å². The predicted molar refractivity (Wildman–Crippen MR) is 43.7 cm³/mol. The van der Waals surface area contributed by atoms with Gasteiger partial charge < -0.3 is 5.73 Å². The third kappa shape index (κ3) is 9.87. The van der Waals surface area contributed by atoms with E-state index in [0.29, 0.717) is 6.54 Å². The maximum atomic E-state index is 10.4. The van der Waals surface area contributed by atoms with Crippen LogP contribution in [0.1, 0.15) is 19.3 Å². The third-order valence-electron chi connectivity index (χ3n) is 1.15. The van der Waals surface area contributed by atoms with Crippen LogP contribution < -0.4 is 5.73 Å². The van der Waals surface area contributed by atoms with Gasteiger partial charge in [0.05, 0.1) is 12.9 Å². The van der Waals surface area contributed by atoms with E-state index >= 15 is 0 Å². The molecule has 11 heavy (non-hydrogen) atoms. The van der Waals surface area contributed by atoms with Gasteiger partial charge in [-0.2, -0.15) is 8.42 Å². The van der Waals surface area contributed by atoms with Crippen molar-refractivity contribution in [3.63, 3.8) is 0 Å². The minimum absolute atomic E-state index is 0.277. The van der Waals surface area contributed by atoms with Crippen LogP contribution in [0.4, 0.5) is 0 Å². The van der Waals surface area contributed by atoms with Crippen molar-refractivity contribution in [1.82, 2.24) is 0 Å². The lowest BCUT2D eigenvalue weighted by Gasteiger charge is -1.99. The van der Waals surface area contributed by atoms with Crippen LogP contribution in [0.15, 0.2) is 0 Å². The molecule has 0 aliphatic rings. The number of rotatable bonds is 6. The van der Waals surface area contributed by atoms with E-state index in [4.69, 9.17) is 5.73 Å². The Morgan fingerprint density at radius 2 is 1.91 bits per heavy atom. The fourth-order valence-corrected chi connectivity index (χ4v) is 1.05. The monoisotopic (exact) mass is 181 g/mol. The van der Waals surface area contributed by atoms with Crippen molar-refractivity contribution in [3.8, 4) is 0 Å². The summed E-state index contributed by atoms with van der Waals surface area (Å²) in [5.74, 6) is 0. The van der Waals surface area contributed by atoms with Gasteiger partial charge >= 0.3 is 0 Å². The van der Waals surface area contributed by atoms with E-state index in [1.807, 2.05) is 0 Å². The van der Waals surface area contributed by atoms with Gasteiger partial charge in [0.25, 0.3) is 10.1 Å². The van der Waals surface area contributed by atoms with Gasteiger partial charge in [-0.05, 0) is 25.8 Å². The van der Waals surface area contributed by atoms with Crippen LogP contribution in [0.25, 0.3) is 0 Å². The molecule has 0 bridgehead atoms. The molecule has 0 atom stereocenters. The third-order valence-corrected chi connectivity index (χ3v) is 1.74. The maximum absolute atomic E-state index is 10.4. The Hall–Kier alpha value is -0.130. The highest BCUT2D eigenvalue weighted by Gasteiger charge is 1.99. The Bertz CT molecular complexity index is 176. The van der Waals surface area contributed by atoms with Crippen molar-refractivity contribution in [3.05, 3.63) is 0 Å². The lowest BCUT2D eigenvalue weighted by atomic mass is 10.2. The molecule has 0 rings (SSSR count). The van der Waals surface area contributed by atoms with Crippen molar-refractivity contribution in [2.75, 3.05) is 19.4 Å². The second kappa shape index (κ2) is 5.51. The minimum Gasteiger partial charge on any atom is -0.330 e. The van der Waals surface area contributed by atoms with E-state index in [2.05, 4.69) is 4.18 Å². The smallest absolute Gasteiger partial charge is 0.264 e. The Kier molecular flexibility index (Phi) is 5.45. The van der Waals surface area contributed by atoms with Crippen molar-refractivity contribution in [1.29, 1.82) is 0 Å². The zero-order valence-corrected chi connectivity index (χ0v) is 7.56. The molecule has 4 nitrogen and oxygen atoms in total. The average molecular weight is 181 g/mol. The van der Waals surface area contributed by atoms with Crippen LogP contribution in [0.2, 0.25) is 0 Å². The number of hydrogen-bond acceptors (Lipinski definition) is 4. The molecule has 2 N–H and O–H groups in total. The molecule has 0 aromatic rings. The molecule has 0 heterocycles. The molecule has 0 unspecified atom stereocenters. The molecule has 0 aliphatic carbocycles. The quantitative estimate of drug-likeness (QED) is 0.466. The Balaban J connectivity index is 3.16. The molecule has 0 amide bonds. The second-order valence-electron chi connectivity index (χ2n) is 2.38. The summed E-state index contributed by atoms with van der Waals surface area (Å²) in [6.07, 6.45) is 3.65. The highest BCUT2D eigenvalue weighted by atomic mass is 32.2. The largest absolute Gasteiger partial charge is 0.330 e. The van der Waals surface area contributed by atoms with Crippen molar-refractivity contribution >= 4 is 10.1 Å². The summed E-state index contributed by atoms with van der Waals surface area (Å²) in [5.41, 5.74) is 5.24. The molecule has 68 valence electrons. The molecule has 0 aliphatic heterocycles. The molecular formula is C6H15NO3S. The number of hydrogen-bond donors (Lipinski definition) is 1. The van der Waals surface area contributed by atoms with E-state index in [9.17, 15) is 8.42 Å². The standard InChI is InChI=1S/C6H15NO3S/c1-11(8,9)10-6-4-2-3-5-7/h2-7H2,1H3. The van der Waals surface area contributed by atoms with Crippen LogP contribution in [0.5, 0.6) is 0 Å². The van der Waals surface area contributed by atoms with E-state index in [1.165, 1.54) is 0 Å². The lowest BCUT2D eigenvalue weighted by Crippen LogP contribution is -2.05. The first-order valence-corrected chi connectivity index (χ1v) is 5.42. The summed E-state index contributed by atoms with van der Waals surface area (Å²) < 4.78 is 25.3. The van der Waals surface area contributed by atoms with Gasteiger partial charge in [-0.3, -0.25) is 4.18 Å². The summed E-state index contributed by atoms with van der Waals surface area (Å²) in [4.78, 5) is 0. The van der Waals surface area contributed by atoms with Crippen LogP contribution in [-0.4, -0.2) is 27.8 Å². The van der Waals surface area contributed by atoms with Gasteiger partial charge in [-0.25, -0.2) is 0 Å².